The van der Waals surface area contributed by atoms with Crippen LogP contribution >= 0.6 is 22.9 Å². The van der Waals surface area contributed by atoms with E-state index in [1.807, 2.05) is 24.3 Å². The topological polar surface area (TPSA) is 94.2 Å². The Bertz CT molecular complexity index is 1040. The average molecular weight is 392 g/mol. The van der Waals surface area contributed by atoms with Gasteiger partial charge in [-0.1, -0.05) is 35.1 Å². The largest absolute Gasteiger partial charge is 0.352 e. The molecule has 0 unspecified atom stereocenters. The van der Waals surface area contributed by atoms with Gasteiger partial charge in [0.25, 0.3) is 11.6 Å². The van der Waals surface area contributed by atoms with Crippen molar-refractivity contribution in [1.29, 1.82) is 0 Å². The third kappa shape index (κ3) is 3.76. The number of amides is 1. The molecule has 1 aromatic heterocycles. The van der Waals surface area contributed by atoms with E-state index in [4.69, 9.17) is 11.6 Å². The second kappa shape index (κ2) is 7.67. The molecule has 0 radical (unpaired) electrons. The van der Waals surface area contributed by atoms with Crippen molar-refractivity contribution in [3.63, 3.8) is 0 Å². The highest BCUT2D eigenvalue weighted by atomic mass is 35.5. The Morgan fingerprint density at radius 1 is 1.27 bits per heavy atom. The maximum atomic E-state index is 12.2. The van der Waals surface area contributed by atoms with Gasteiger partial charge in [0, 0.05) is 25.2 Å². The van der Waals surface area contributed by atoms with Crippen molar-refractivity contribution in [1.82, 2.24) is 9.88 Å². The summed E-state index contributed by atoms with van der Waals surface area (Å²) < 4.78 is 2.59. The number of carbonyl (C=O) groups excluding carboxylic acids is 1. The van der Waals surface area contributed by atoms with Gasteiger partial charge in [-0.25, -0.2) is 0 Å². The molecular weight excluding hydrogens is 378 g/mol. The molecule has 9 heteroatoms. The second-order valence-electron chi connectivity index (χ2n) is 5.52. The number of aryl methyl sites for hydroxylation is 1. The van der Waals surface area contributed by atoms with Crippen molar-refractivity contribution in [2.75, 3.05) is 6.54 Å². The number of aromatic nitrogens is 1. The molecule has 0 aliphatic carbocycles. The van der Waals surface area contributed by atoms with Gasteiger partial charge < -0.3 is 5.32 Å². The number of fused-ring (bicyclic) bond motifs is 1. The molecule has 7 nitrogen and oxygen atoms in total. The highest BCUT2D eigenvalue weighted by Crippen LogP contribution is 2.22. The van der Waals surface area contributed by atoms with E-state index < -0.39 is 10.8 Å². The van der Waals surface area contributed by atoms with Crippen LogP contribution in [0.3, 0.4) is 0 Å². The Morgan fingerprint density at radius 3 is 2.81 bits per heavy atom. The van der Waals surface area contributed by atoms with Crippen molar-refractivity contribution < 1.29 is 9.72 Å². The van der Waals surface area contributed by atoms with Gasteiger partial charge in [-0.15, -0.1) is 0 Å². The zero-order chi connectivity index (χ0) is 18.7. The first-order valence-corrected chi connectivity index (χ1v) is 8.97. The minimum absolute atomic E-state index is 0.0424. The summed E-state index contributed by atoms with van der Waals surface area (Å²) in [6.07, 6.45) is 0.541. The number of nitro groups is 1. The first-order chi connectivity index (χ1) is 12.5. The van der Waals surface area contributed by atoms with Gasteiger partial charge in [-0.3, -0.25) is 24.3 Å². The van der Waals surface area contributed by atoms with Crippen LogP contribution in [0.1, 0.15) is 16.8 Å². The van der Waals surface area contributed by atoms with Crippen molar-refractivity contribution >= 4 is 44.7 Å². The smallest absolute Gasteiger partial charge is 0.308 e. The quantitative estimate of drug-likeness (QED) is 0.395. The number of carbonyl (C=O) groups is 1. The van der Waals surface area contributed by atoms with Crippen molar-refractivity contribution in [3.05, 3.63) is 72.8 Å². The van der Waals surface area contributed by atoms with Crippen LogP contribution in [0.2, 0.25) is 5.02 Å². The van der Waals surface area contributed by atoms with E-state index in [0.717, 1.165) is 16.3 Å². The van der Waals surface area contributed by atoms with Crippen LogP contribution in [0, 0.1) is 10.1 Å². The number of halogens is 1. The number of hydrogen-bond donors (Lipinski definition) is 1. The van der Waals surface area contributed by atoms with Gasteiger partial charge in [0.1, 0.15) is 0 Å². The molecule has 3 rings (SSSR count). The minimum atomic E-state index is -0.582. The second-order valence-corrected chi connectivity index (χ2v) is 6.92. The predicted molar refractivity (Wildman–Crippen MR) is 101 cm³/mol. The number of rotatable bonds is 6. The average Bonchev–Trinajstić information content (AvgIpc) is 2.94. The van der Waals surface area contributed by atoms with Crippen molar-refractivity contribution in [2.45, 2.75) is 13.0 Å². The van der Waals surface area contributed by atoms with E-state index in [0.29, 0.717) is 19.5 Å². The summed E-state index contributed by atoms with van der Waals surface area (Å²) in [5.41, 5.74) is 0.727. The summed E-state index contributed by atoms with van der Waals surface area (Å²) in [5, 5.41) is 13.6. The van der Waals surface area contributed by atoms with Gasteiger partial charge in [0.15, 0.2) is 0 Å². The lowest BCUT2D eigenvalue weighted by molar-refractivity contribution is -0.384. The van der Waals surface area contributed by atoms with E-state index >= 15 is 0 Å². The highest BCUT2D eigenvalue weighted by molar-refractivity contribution is 7.16. The molecule has 1 N–H and O–H groups in total. The molecule has 134 valence electrons. The van der Waals surface area contributed by atoms with E-state index in [1.54, 1.807) is 4.57 Å². The number of non-ortho nitro benzene ring substituents is 1. The zero-order valence-corrected chi connectivity index (χ0v) is 15.0. The van der Waals surface area contributed by atoms with Crippen LogP contribution in [0.5, 0.6) is 0 Å². The van der Waals surface area contributed by atoms with Crippen LogP contribution in [-0.2, 0) is 6.54 Å². The fourth-order valence-corrected chi connectivity index (χ4v) is 3.68. The van der Waals surface area contributed by atoms with E-state index in [-0.39, 0.29) is 21.1 Å². The molecule has 0 aliphatic rings. The zero-order valence-electron chi connectivity index (χ0n) is 13.5. The summed E-state index contributed by atoms with van der Waals surface area (Å²) in [7, 11) is 0. The highest BCUT2D eigenvalue weighted by Gasteiger charge is 2.15. The maximum absolute atomic E-state index is 12.2. The minimum Gasteiger partial charge on any atom is -0.352 e. The summed E-state index contributed by atoms with van der Waals surface area (Å²) in [4.78, 5) is 34.4. The molecule has 1 amide bonds. The van der Waals surface area contributed by atoms with E-state index in [1.165, 1.54) is 23.5 Å². The molecule has 0 aliphatic heterocycles. The van der Waals surface area contributed by atoms with Crippen molar-refractivity contribution in [2.24, 2.45) is 0 Å². The third-order valence-corrected chi connectivity index (χ3v) is 5.11. The third-order valence-electron chi connectivity index (χ3n) is 3.82. The fourth-order valence-electron chi connectivity index (χ4n) is 2.56. The Hall–Kier alpha value is -2.71. The van der Waals surface area contributed by atoms with Crippen LogP contribution in [0.25, 0.3) is 10.2 Å². The van der Waals surface area contributed by atoms with Gasteiger partial charge >= 0.3 is 4.87 Å². The van der Waals surface area contributed by atoms with Gasteiger partial charge in [0.05, 0.1) is 25.7 Å². The van der Waals surface area contributed by atoms with Crippen LogP contribution in [0.15, 0.2) is 47.3 Å². The standard InChI is InChI=1S/C17H14ClN3O4S/c18-13-7-6-11(21(24)25)10-12(13)16(22)19-8-3-9-20-14-4-1-2-5-15(14)26-17(20)23/h1-2,4-7,10H,3,8-9H2,(H,19,22). The SMILES string of the molecule is O=C(NCCCn1c(=O)sc2ccccc21)c1cc([N+](=O)[O-])ccc1Cl. The molecule has 2 aromatic carbocycles. The molecule has 0 saturated heterocycles. The lowest BCUT2D eigenvalue weighted by atomic mass is 10.2. The predicted octanol–water partition coefficient (Wildman–Crippen LogP) is 3.44. The van der Waals surface area contributed by atoms with E-state index in [2.05, 4.69) is 5.32 Å². The maximum Gasteiger partial charge on any atom is 0.308 e. The lowest BCUT2D eigenvalue weighted by Crippen LogP contribution is -2.26. The van der Waals surface area contributed by atoms with Crippen LogP contribution in [-0.4, -0.2) is 21.9 Å². The number of hydrogen-bond acceptors (Lipinski definition) is 5. The summed E-state index contributed by atoms with van der Waals surface area (Å²) in [5.74, 6) is -0.485. The summed E-state index contributed by atoms with van der Waals surface area (Å²) >= 11 is 7.13. The Kier molecular flexibility index (Phi) is 5.34. The lowest BCUT2D eigenvalue weighted by Gasteiger charge is -2.07. The summed E-state index contributed by atoms with van der Waals surface area (Å²) in [6, 6.07) is 11.2. The van der Waals surface area contributed by atoms with E-state index in [9.17, 15) is 19.7 Å². The van der Waals surface area contributed by atoms with Crippen LogP contribution in [0.4, 0.5) is 5.69 Å². The summed E-state index contributed by atoms with van der Waals surface area (Å²) in [6.45, 7) is 0.778. The molecule has 0 fully saturated rings. The first-order valence-electron chi connectivity index (χ1n) is 7.78. The Balaban J connectivity index is 1.62. The van der Waals surface area contributed by atoms with Gasteiger partial charge in [0.2, 0.25) is 0 Å². The Morgan fingerprint density at radius 2 is 2.04 bits per heavy atom. The number of thiazole rings is 1. The van der Waals surface area contributed by atoms with Gasteiger partial charge in [-0.05, 0) is 24.6 Å². The van der Waals surface area contributed by atoms with Gasteiger partial charge in [-0.2, -0.15) is 0 Å². The first kappa shape index (κ1) is 18.1. The number of nitrogens with one attached hydrogen (secondary N) is 1. The molecular formula is C17H14ClN3O4S. The molecule has 26 heavy (non-hydrogen) atoms. The molecule has 3 aromatic rings. The number of para-hydroxylation sites is 1. The van der Waals surface area contributed by atoms with Crippen LogP contribution < -0.4 is 10.2 Å². The van der Waals surface area contributed by atoms with Crippen molar-refractivity contribution in [3.8, 4) is 0 Å². The number of nitro benzene ring substituents is 1. The molecule has 0 spiro atoms. The monoisotopic (exact) mass is 391 g/mol. The number of benzene rings is 2. The Labute approximate surface area is 157 Å². The molecule has 0 atom stereocenters. The fraction of sp³-hybridized carbons (Fsp3) is 0.176. The normalized spacial score (nSPS) is 10.8. The molecule has 0 saturated carbocycles. The molecule has 1 heterocycles. The molecule has 0 bridgehead atoms. The number of nitrogens with zero attached hydrogens (tertiary/aromatic N) is 2.